The summed E-state index contributed by atoms with van der Waals surface area (Å²) in [7, 11) is 0. The summed E-state index contributed by atoms with van der Waals surface area (Å²) >= 11 is 0. The fourth-order valence-electron chi connectivity index (χ4n) is 3.56. The molecule has 0 atom stereocenters. The maximum Gasteiger partial charge on any atom is 0.358 e. The van der Waals surface area contributed by atoms with Crippen LogP contribution in [0, 0.1) is 11.8 Å². The van der Waals surface area contributed by atoms with Crippen molar-refractivity contribution in [2.45, 2.75) is 52.4 Å². The van der Waals surface area contributed by atoms with E-state index in [0.717, 1.165) is 18.0 Å². The zero-order chi connectivity index (χ0) is 17.1. The van der Waals surface area contributed by atoms with Crippen LogP contribution in [0.3, 0.4) is 0 Å². The minimum atomic E-state index is -0.498. The quantitative estimate of drug-likeness (QED) is 0.850. The molecule has 2 aromatic rings. The average Bonchev–Trinajstić information content (AvgIpc) is 3.01. The number of rotatable bonds is 5. The molecule has 6 nitrogen and oxygen atoms in total. The van der Waals surface area contributed by atoms with Crippen molar-refractivity contribution in [2.24, 2.45) is 11.8 Å². The summed E-state index contributed by atoms with van der Waals surface area (Å²) in [5.74, 6) is 0.997. The van der Waals surface area contributed by atoms with Crippen molar-refractivity contribution >= 4 is 11.6 Å². The van der Waals surface area contributed by atoms with E-state index in [1.54, 1.807) is 19.1 Å². The second-order valence-corrected chi connectivity index (χ2v) is 6.62. The van der Waals surface area contributed by atoms with Crippen LogP contribution in [0.1, 0.15) is 62.1 Å². The predicted octanol–water partition coefficient (Wildman–Crippen LogP) is 3.37. The summed E-state index contributed by atoms with van der Waals surface area (Å²) in [6.07, 6.45) is 7.15. The minimum absolute atomic E-state index is 0.00722. The number of fused-ring (bicyclic) bond motifs is 1. The van der Waals surface area contributed by atoms with Crippen molar-refractivity contribution in [3.8, 4) is 5.88 Å². The molecule has 1 aliphatic rings. The van der Waals surface area contributed by atoms with E-state index < -0.39 is 5.97 Å². The van der Waals surface area contributed by atoms with Gasteiger partial charge >= 0.3 is 5.97 Å². The molecule has 3 rings (SSSR count). The third-order valence-electron chi connectivity index (χ3n) is 4.99. The zero-order valence-corrected chi connectivity index (χ0v) is 14.4. The number of carbonyl (C=O) groups excluding carboxylic acids is 1. The Kier molecular flexibility index (Phi) is 5.02. The van der Waals surface area contributed by atoms with Crippen LogP contribution in [0.25, 0.3) is 5.65 Å². The van der Waals surface area contributed by atoms with E-state index in [-0.39, 0.29) is 18.2 Å². The number of aromatic nitrogens is 3. The fourth-order valence-corrected chi connectivity index (χ4v) is 3.56. The lowest BCUT2D eigenvalue weighted by molar-refractivity contribution is 0.0519. The van der Waals surface area contributed by atoms with Gasteiger partial charge in [-0.25, -0.2) is 9.78 Å². The van der Waals surface area contributed by atoms with Gasteiger partial charge in [-0.05, 0) is 38.0 Å². The van der Waals surface area contributed by atoms with E-state index in [4.69, 9.17) is 4.74 Å². The van der Waals surface area contributed by atoms with E-state index in [9.17, 15) is 9.90 Å². The molecule has 1 saturated carbocycles. The van der Waals surface area contributed by atoms with Gasteiger partial charge in [-0.2, -0.15) is 9.61 Å². The van der Waals surface area contributed by atoms with E-state index in [1.165, 1.54) is 36.6 Å². The van der Waals surface area contributed by atoms with Crippen molar-refractivity contribution in [3.63, 3.8) is 0 Å². The number of ether oxygens (including phenoxy) is 1. The van der Waals surface area contributed by atoms with E-state index in [1.807, 2.05) is 0 Å². The Morgan fingerprint density at radius 3 is 2.62 bits per heavy atom. The summed E-state index contributed by atoms with van der Waals surface area (Å²) in [5, 5.41) is 14.3. The third kappa shape index (κ3) is 3.52. The summed E-state index contributed by atoms with van der Waals surface area (Å²) in [5.41, 5.74) is 1.51. The first-order valence-electron chi connectivity index (χ1n) is 8.86. The van der Waals surface area contributed by atoms with Crippen molar-refractivity contribution in [3.05, 3.63) is 23.5 Å². The van der Waals surface area contributed by atoms with Crippen LogP contribution in [-0.2, 0) is 11.2 Å². The fraction of sp³-hybridized carbons (Fsp3) is 0.611. The van der Waals surface area contributed by atoms with E-state index in [2.05, 4.69) is 17.0 Å². The van der Waals surface area contributed by atoms with Gasteiger partial charge < -0.3 is 9.84 Å². The van der Waals surface area contributed by atoms with Crippen LogP contribution < -0.4 is 0 Å². The van der Waals surface area contributed by atoms with Gasteiger partial charge in [0.1, 0.15) is 0 Å². The lowest BCUT2D eigenvalue weighted by atomic mass is 9.79. The smallest absolute Gasteiger partial charge is 0.358 e. The Bertz CT molecular complexity index is 718. The van der Waals surface area contributed by atoms with Gasteiger partial charge in [0.2, 0.25) is 5.88 Å². The van der Waals surface area contributed by atoms with Crippen LogP contribution in [0.15, 0.2) is 12.1 Å². The van der Waals surface area contributed by atoms with Gasteiger partial charge in [0.25, 0.3) is 0 Å². The van der Waals surface area contributed by atoms with Gasteiger partial charge in [0, 0.05) is 17.8 Å². The van der Waals surface area contributed by atoms with Gasteiger partial charge in [0.05, 0.1) is 6.61 Å². The number of esters is 1. The Morgan fingerprint density at radius 2 is 1.96 bits per heavy atom. The summed E-state index contributed by atoms with van der Waals surface area (Å²) < 4.78 is 6.23. The van der Waals surface area contributed by atoms with Gasteiger partial charge in [-0.15, -0.1) is 0 Å². The van der Waals surface area contributed by atoms with Crippen molar-refractivity contribution in [1.82, 2.24) is 14.6 Å². The molecule has 1 fully saturated rings. The zero-order valence-electron chi connectivity index (χ0n) is 14.4. The third-order valence-corrected chi connectivity index (χ3v) is 4.99. The highest BCUT2D eigenvalue weighted by molar-refractivity contribution is 5.88. The van der Waals surface area contributed by atoms with Gasteiger partial charge in [-0.1, -0.05) is 26.2 Å². The van der Waals surface area contributed by atoms with E-state index >= 15 is 0 Å². The topological polar surface area (TPSA) is 76.7 Å². The first kappa shape index (κ1) is 16.7. The van der Waals surface area contributed by atoms with Crippen LogP contribution in [0.5, 0.6) is 5.88 Å². The Morgan fingerprint density at radius 1 is 1.25 bits per heavy atom. The maximum absolute atomic E-state index is 11.8. The standard InChI is InChI=1S/C18H25N3O3/c1-3-12-5-7-13(8-6-12)9-14-10-17(22)21-16(19-14)11-15(20-21)18(23)24-4-2/h10-13,22H,3-9H2,1-2H3. The first-order chi connectivity index (χ1) is 11.6. The highest BCUT2D eigenvalue weighted by Crippen LogP contribution is 2.32. The number of hydrogen-bond donors (Lipinski definition) is 1. The Balaban J connectivity index is 1.76. The Hall–Kier alpha value is -2.11. The van der Waals surface area contributed by atoms with Crippen LogP contribution in [0.2, 0.25) is 0 Å². The lowest BCUT2D eigenvalue weighted by Gasteiger charge is -2.27. The highest BCUT2D eigenvalue weighted by atomic mass is 16.5. The molecular formula is C18H25N3O3. The molecule has 6 heteroatoms. The van der Waals surface area contributed by atoms with Gasteiger partial charge in [0.15, 0.2) is 11.3 Å². The molecule has 130 valence electrons. The van der Waals surface area contributed by atoms with Crippen LogP contribution in [0.4, 0.5) is 0 Å². The van der Waals surface area contributed by atoms with Crippen LogP contribution in [-0.4, -0.2) is 32.3 Å². The molecule has 0 unspecified atom stereocenters. The van der Waals surface area contributed by atoms with Crippen LogP contribution >= 0.6 is 0 Å². The SMILES string of the molecule is CCOC(=O)c1cc2nc(CC3CCC(CC)CC3)cc(O)n2n1. The highest BCUT2D eigenvalue weighted by Gasteiger charge is 2.22. The summed E-state index contributed by atoms with van der Waals surface area (Å²) in [6.45, 7) is 4.30. The molecule has 0 aromatic carbocycles. The molecule has 0 amide bonds. The molecule has 0 aliphatic heterocycles. The molecule has 0 saturated heterocycles. The Labute approximate surface area is 141 Å². The van der Waals surface area contributed by atoms with Crippen molar-refractivity contribution in [2.75, 3.05) is 6.61 Å². The number of carbonyl (C=O) groups is 1. The summed E-state index contributed by atoms with van der Waals surface area (Å²) in [6, 6.07) is 3.22. The second-order valence-electron chi connectivity index (χ2n) is 6.62. The average molecular weight is 331 g/mol. The molecule has 2 heterocycles. The second kappa shape index (κ2) is 7.20. The molecule has 1 aliphatic carbocycles. The van der Waals surface area contributed by atoms with Crippen molar-refractivity contribution in [1.29, 1.82) is 0 Å². The molecule has 0 bridgehead atoms. The van der Waals surface area contributed by atoms with Crippen molar-refractivity contribution < 1.29 is 14.6 Å². The first-order valence-corrected chi connectivity index (χ1v) is 8.86. The van der Waals surface area contributed by atoms with E-state index in [0.29, 0.717) is 11.6 Å². The van der Waals surface area contributed by atoms with Gasteiger partial charge in [-0.3, -0.25) is 0 Å². The number of nitrogens with zero attached hydrogens (tertiary/aromatic N) is 3. The number of hydrogen-bond acceptors (Lipinski definition) is 5. The largest absolute Gasteiger partial charge is 0.493 e. The molecule has 24 heavy (non-hydrogen) atoms. The molecule has 0 radical (unpaired) electrons. The number of aromatic hydroxyl groups is 1. The molecule has 2 aromatic heterocycles. The summed E-state index contributed by atoms with van der Waals surface area (Å²) in [4.78, 5) is 16.3. The maximum atomic E-state index is 11.8. The molecule has 0 spiro atoms. The monoisotopic (exact) mass is 331 g/mol. The predicted molar refractivity (Wildman–Crippen MR) is 90.1 cm³/mol. The minimum Gasteiger partial charge on any atom is -0.493 e. The lowest BCUT2D eigenvalue weighted by Crippen LogP contribution is -2.16. The normalized spacial score (nSPS) is 21.1. The molecular weight excluding hydrogens is 306 g/mol. The molecule has 1 N–H and O–H groups in total.